The van der Waals surface area contributed by atoms with Crippen LogP contribution in [0.3, 0.4) is 0 Å². The van der Waals surface area contributed by atoms with E-state index in [1.807, 2.05) is 32.0 Å². The average Bonchev–Trinajstić information content (AvgIpc) is 2.03. The van der Waals surface area contributed by atoms with Crippen molar-refractivity contribution >= 4 is 5.69 Å². The molecule has 1 rings (SSSR count). The Balaban J connectivity index is 3.12. The maximum Gasteiger partial charge on any atom is 0.0497 e. The lowest BCUT2D eigenvalue weighted by Gasteiger charge is -2.14. The van der Waals surface area contributed by atoms with Gasteiger partial charge >= 0.3 is 0 Å². The van der Waals surface area contributed by atoms with E-state index in [0.717, 1.165) is 16.8 Å². The van der Waals surface area contributed by atoms with E-state index in [2.05, 4.69) is 0 Å². The first-order chi connectivity index (χ1) is 5.66. The van der Waals surface area contributed by atoms with Crippen LogP contribution in [-0.2, 0) is 0 Å². The number of benzene rings is 1. The zero-order chi connectivity index (χ0) is 9.14. The second-order valence-electron chi connectivity index (χ2n) is 3.16. The van der Waals surface area contributed by atoms with Gasteiger partial charge in [-0.25, -0.2) is 0 Å². The Labute approximate surface area is 73.0 Å². The Morgan fingerprint density at radius 3 is 2.67 bits per heavy atom. The van der Waals surface area contributed by atoms with Gasteiger partial charge in [-0.2, -0.15) is 0 Å². The summed E-state index contributed by atoms with van der Waals surface area (Å²) in [5, 5.41) is 8.98. The van der Waals surface area contributed by atoms with Gasteiger partial charge in [-0.3, -0.25) is 0 Å². The average molecular weight is 165 g/mol. The molecule has 12 heavy (non-hydrogen) atoms. The number of nitrogens with two attached hydrogens (primary N) is 1. The summed E-state index contributed by atoms with van der Waals surface area (Å²) in [7, 11) is 0. The summed E-state index contributed by atoms with van der Waals surface area (Å²) in [6.07, 6.45) is 0. The molecule has 0 bridgehead atoms. The zero-order valence-electron chi connectivity index (χ0n) is 7.54. The molecule has 66 valence electrons. The van der Waals surface area contributed by atoms with Crippen molar-refractivity contribution in [1.82, 2.24) is 0 Å². The third kappa shape index (κ3) is 1.59. The predicted molar refractivity (Wildman–Crippen MR) is 51.1 cm³/mol. The lowest BCUT2D eigenvalue weighted by molar-refractivity contribution is 0.273. The minimum absolute atomic E-state index is 0.131. The third-order valence-corrected chi connectivity index (χ3v) is 2.12. The van der Waals surface area contributed by atoms with Crippen LogP contribution in [0, 0.1) is 6.92 Å². The molecule has 1 atom stereocenters. The summed E-state index contributed by atoms with van der Waals surface area (Å²) in [6.45, 7) is 4.13. The smallest absolute Gasteiger partial charge is 0.0497 e. The van der Waals surface area contributed by atoms with Crippen LogP contribution in [0.2, 0.25) is 0 Å². The highest BCUT2D eigenvalue weighted by atomic mass is 16.3. The SMILES string of the molecule is Cc1cccc(N)c1C(C)CO. The first-order valence-corrected chi connectivity index (χ1v) is 4.12. The number of aryl methyl sites for hydroxylation is 1. The Hall–Kier alpha value is -1.02. The summed E-state index contributed by atoms with van der Waals surface area (Å²) < 4.78 is 0. The van der Waals surface area contributed by atoms with Crippen LogP contribution in [0.1, 0.15) is 24.0 Å². The molecule has 1 unspecified atom stereocenters. The van der Waals surface area contributed by atoms with Crippen LogP contribution in [0.25, 0.3) is 0 Å². The largest absolute Gasteiger partial charge is 0.398 e. The first kappa shape index (κ1) is 9.07. The van der Waals surface area contributed by atoms with Gasteiger partial charge in [-0.1, -0.05) is 19.1 Å². The molecule has 0 saturated carbocycles. The third-order valence-electron chi connectivity index (χ3n) is 2.12. The quantitative estimate of drug-likeness (QED) is 0.655. The van der Waals surface area contributed by atoms with Crippen molar-refractivity contribution in [1.29, 1.82) is 0 Å². The van der Waals surface area contributed by atoms with Crippen LogP contribution < -0.4 is 5.73 Å². The zero-order valence-corrected chi connectivity index (χ0v) is 7.54. The fourth-order valence-electron chi connectivity index (χ4n) is 1.47. The van der Waals surface area contributed by atoms with Gasteiger partial charge in [0.05, 0.1) is 0 Å². The monoisotopic (exact) mass is 165 g/mol. The molecule has 1 aromatic carbocycles. The van der Waals surface area contributed by atoms with Crippen molar-refractivity contribution in [2.24, 2.45) is 0 Å². The summed E-state index contributed by atoms with van der Waals surface area (Å²) in [6, 6.07) is 5.81. The molecule has 0 heterocycles. The number of nitrogen functional groups attached to an aromatic ring is 1. The minimum atomic E-state index is 0.131. The Bertz CT molecular complexity index is 250. The van der Waals surface area contributed by atoms with Gasteiger partial charge < -0.3 is 10.8 Å². The molecule has 0 radical (unpaired) electrons. The second-order valence-corrected chi connectivity index (χ2v) is 3.16. The van der Waals surface area contributed by atoms with E-state index in [1.54, 1.807) is 0 Å². The lowest BCUT2D eigenvalue weighted by Crippen LogP contribution is -2.05. The van der Waals surface area contributed by atoms with Crippen molar-refractivity contribution in [2.45, 2.75) is 19.8 Å². The molecule has 2 nitrogen and oxygen atoms in total. The molecule has 0 amide bonds. The van der Waals surface area contributed by atoms with Gasteiger partial charge in [0.1, 0.15) is 0 Å². The second kappa shape index (κ2) is 3.59. The maximum absolute atomic E-state index is 8.98. The van der Waals surface area contributed by atoms with E-state index < -0.39 is 0 Å². The van der Waals surface area contributed by atoms with Crippen molar-refractivity contribution in [3.05, 3.63) is 29.3 Å². The first-order valence-electron chi connectivity index (χ1n) is 4.12. The lowest BCUT2D eigenvalue weighted by atomic mass is 9.95. The van der Waals surface area contributed by atoms with Crippen LogP contribution in [-0.4, -0.2) is 11.7 Å². The van der Waals surface area contributed by atoms with E-state index in [-0.39, 0.29) is 12.5 Å². The molecule has 0 aliphatic rings. The van der Waals surface area contributed by atoms with E-state index in [9.17, 15) is 0 Å². The van der Waals surface area contributed by atoms with Crippen molar-refractivity contribution < 1.29 is 5.11 Å². The van der Waals surface area contributed by atoms with Crippen molar-refractivity contribution in [3.8, 4) is 0 Å². The molecule has 0 spiro atoms. The van der Waals surface area contributed by atoms with Gasteiger partial charge in [0.2, 0.25) is 0 Å². The van der Waals surface area contributed by atoms with Crippen LogP contribution >= 0.6 is 0 Å². The maximum atomic E-state index is 8.98. The molecule has 0 aliphatic carbocycles. The highest BCUT2D eigenvalue weighted by Gasteiger charge is 2.09. The van der Waals surface area contributed by atoms with E-state index in [0.29, 0.717) is 0 Å². The van der Waals surface area contributed by atoms with Crippen LogP contribution in [0.5, 0.6) is 0 Å². The summed E-state index contributed by atoms with van der Waals surface area (Å²) in [5.74, 6) is 0.131. The Morgan fingerprint density at radius 2 is 2.17 bits per heavy atom. The molecule has 0 saturated heterocycles. The summed E-state index contributed by atoms with van der Waals surface area (Å²) in [5.41, 5.74) is 8.78. The van der Waals surface area contributed by atoms with E-state index >= 15 is 0 Å². The number of anilines is 1. The van der Waals surface area contributed by atoms with Gasteiger partial charge in [0.15, 0.2) is 0 Å². The highest BCUT2D eigenvalue weighted by Crippen LogP contribution is 2.24. The van der Waals surface area contributed by atoms with Crippen LogP contribution in [0.4, 0.5) is 5.69 Å². The molecule has 3 N–H and O–H groups in total. The molecule has 2 heteroatoms. The summed E-state index contributed by atoms with van der Waals surface area (Å²) in [4.78, 5) is 0. The number of aliphatic hydroxyl groups excluding tert-OH is 1. The Kier molecular flexibility index (Phi) is 2.71. The van der Waals surface area contributed by atoms with Crippen molar-refractivity contribution in [3.63, 3.8) is 0 Å². The molecular weight excluding hydrogens is 150 g/mol. The van der Waals surface area contributed by atoms with E-state index in [1.165, 1.54) is 0 Å². The van der Waals surface area contributed by atoms with Gasteiger partial charge in [-0.05, 0) is 24.1 Å². The molecule has 1 aromatic rings. The Morgan fingerprint density at radius 1 is 1.50 bits per heavy atom. The van der Waals surface area contributed by atoms with Gasteiger partial charge in [0, 0.05) is 18.2 Å². The standard InChI is InChI=1S/C10H15NO/c1-7-4-3-5-9(11)10(7)8(2)6-12/h3-5,8,12H,6,11H2,1-2H3. The highest BCUT2D eigenvalue weighted by molar-refractivity contribution is 5.52. The number of hydrogen-bond acceptors (Lipinski definition) is 2. The normalized spacial score (nSPS) is 12.9. The number of hydrogen-bond donors (Lipinski definition) is 2. The number of aliphatic hydroxyl groups is 1. The predicted octanol–water partition coefficient (Wildman–Crippen LogP) is 1.67. The molecular formula is C10H15NO. The van der Waals surface area contributed by atoms with Crippen LogP contribution in [0.15, 0.2) is 18.2 Å². The fourth-order valence-corrected chi connectivity index (χ4v) is 1.47. The molecule has 0 fully saturated rings. The number of rotatable bonds is 2. The fraction of sp³-hybridized carbons (Fsp3) is 0.400. The molecule has 0 aliphatic heterocycles. The van der Waals surface area contributed by atoms with Crippen molar-refractivity contribution in [2.75, 3.05) is 12.3 Å². The van der Waals surface area contributed by atoms with E-state index in [4.69, 9.17) is 10.8 Å². The van der Waals surface area contributed by atoms with Gasteiger partial charge in [0.25, 0.3) is 0 Å². The molecule has 0 aromatic heterocycles. The summed E-state index contributed by atoms with van der Waals surface area (Å²) >= 11 is 0. The minimum Gasteiger partial charge on any atom is -0.398 e. The van der Waals surface area contributed by atoms with Gasteiger partial charge in [-0.15, -0.1) is 0 Å². The topological polar surface area (TPSA) is 46.2 Å².